The van der Waals surface area contributed by atoms with E-state index in [2.05, 4.69) is 10.1 Å². The molecule has 5 nitrogen and oxygen atoms in total. The molecular formula is C12H12ClN3O2S. The third-order valence-corrected chi connectivity index (χ3v) is 4.08. The summed E-state index contributed by atoms with van der Waals surface area (Å²) in [5.41, 5.74) is 6.93. The number of benzene rings is 1. The Balaban J connectivity index is 1.87. The largest absolute Gasteiger partial charge is 0.399 e. The van der Waals surface area contributed by atoms with Gasteiger partial charge in [-0.3, -0.25) is 0 Å². The van der Waals surface area contributed by atoms with Crippen LogP contribution in [0, 0.1) is 0 Å². The van der Waals surface area contributed by atoms with E-state index >= 15 is 0 Å². The molecule has 1 saturated heterocycles. The summed E-state index contributed by atoms with van der Waals surface area (Å²) >= 11 is 7.93. The van der Waals surface area contributed by atoms with Crippen LogP contribution in [-0.2, 0) is 4.74 Å². The highest BCUT2D eigenvalue weighted by molar-refractivity contribution is 7.99. The molecule has 0 amide bonds. The van der Waals surface area contributed by atoms with E-state index in [9.17, 15) is 0 Å². The second kappa shape index (κ2) is 5.40. The van der Waals surface area contributed by atoms with Crippen molar-refractivity contribution in [2.24, 2.45) is 0 Å². The van der Waals surface area contributed by atoms with E-state index in [1.807, 2.05) is 11.8 Å². The van der Waals surface area contributed by atoms with Gasteiger partial charge < -0.3 is 15.0 Å². The van der Waals surface area contributed by atoms with Crippen molar-refractivity contribution in [3.05, 3.63) is 29.0 Å². The molecule has 3 rings (SSSR count). The fourth-order valence-corrected chi connectivity index (χ4v) is 2.93. The van der Waals surface area contributed by atoms with E-state index in [1.165, 1.54) is 0 Å². The molecule has 7 heteroatoms. The van der Waals surface area contributed by atoms with Crippen molar-refractivity contribution in [3.63, 3.8) is 0 Å². The zero-order valence-corrected chi connectivity index (χ0v) is 11.6. The summed E-state index contributed by atoms with van der Waals surface area (Å²) in [5.74, 6) is 2.80. The van der Waals surface area contributed by atoms with E-state index < -0.39 is 0 Å². The Labute approximate surface area is 119 Å². The number of hydrogen-bond acceptors (Lipinski definition) is 6. The standard InChI is InChI=1S/C12H12ClN3O2S/c13-9-5-7(14)1-2-8(9)12-15-11(16-18-12)10-6-19-4-3-17-10/h1-2,5,10H,3-4,6,14H2. The number of rotatable bonds is 2. The molecular weight excluding hydrogens is 286 g/mol. The lowest BCUT2D eigenvalue weighted by atomic mass is 10.2. The Morgan fingerprint density at radius 3 is 3.05 bits per heavy atom. The molecule has 2 heterocycles. The molecule has 1 aromatic carbocycles. The molecule has 0 spiro atoms. The van der Waals surface area contributed by atoms with Crippen LogP contribution < -0.4 is 5.73 Å². The molecule has 2 aromatic rings. The van der Waals surface area contributed by atoms with Crippen molar-refractivity contribution in [2.75, 3.05) is 23.8 Å². The number of halogens is 1. The highest BCUT2D eigenvalue weighted by Crippen LogP contribution is 2.30. The van der Waals surface area contributed by atoms with E-state index in [0.717, 1.165) is 11.5 Å². The fourth-order valence-electron chi connectivity index (χ4n) is 1.82. The van der Waals surface area contributed by atoms with E-state index in [-0.39, 0.29) is 6.10 Å². The van der Waals surface area contributed by atoms with Crippen molar-refractivity contribution < 1.29 is 9.26 Å². The SMILES string of the molecule is Nc1ccc(-c2nc(C3CSCCO3)no2)c(Cl)c1. The Morgan fingerprint density at radius 2 is 2.32 bits per heavy atom. The predicted molar refractivity (Wildman–Crippen MR) is 75.2 cm³/mol. The normalized spacial score (nSPS) is 19.5. The van der Waals surface area contributed by atoms with Crippen LogP contribution in [0.1, 0.15) is 11.9 Å². The Morgan fingerprint density at radius 1 is 1.42 bits per heavy atom. The average molecular weight is 298 g/mol. The summed E-state index contributed by atoms with van der Waals surface area (Å²) < 4.78 is 10.9. The topological polar surface area (TPSA) is 74.2 Å². The van der Waals surface area contributed by atoms with Gasteiger partial charge in [0.25, 0.3) is 5.89 Å². The number of nitrogens with two attached hydrogens (primary N) is 1. The molecule has 1 unspecified atom stereocenters. The molecule has 1 aromatic heterocycles. The van der Waals surface area contributed by atoms with Crippen LogP contribution in [0.5, 0.6) is 0 Å². The summed E-state index contributed by atoms with van der Waals surface area (Å²) in [5, 5.41) is 4.46. The van der Waals surface area contributed by atoms with Gasteiger partial charge in [-0.1, -0.05) is 16.8 Å². The Kier molecular flexibility index (Phi) is 3.63. The molecule has 1 aliphatic heterocycles. The minimum Gasteiger partial charge on any atom is -0.399 e. The minimum absolute atomic E-state index is 0.108. The Hall–Kier alpha value is -1.24. The van der Waals surface area contributed by atoms with Gasteiger partial charge in [0.15, 0.2) is 0 Å². The van der Waals surface area contributed by atoms with Gasteiger partial charge in [-0.05, 0) is 18.2 Å². The molecule has 2 N–H and O–H groups in total. The first-order valence-corrected chi connectivity index (χ1v) is 7.35. The van der Waals surface area contributed by atoms with Crippen LogP contribution in [0.4, 0.5) is 5.69 Å². The number of aromatic nitrogens is 2. The zero-order valence-electron chi connectivity index (χ0n) is 10.0. The van der Waals surface area contributed by atoms with Crippen LogP contribution in [-0.4, -0.2) is 28.3 Å². The summed E-state index contributed by atoms with van der Waals surface area (Å²) in [7, 11) is 0. The molecule has 100 valence electrons. The second-order valence-electron chi connectivity index (χ2n) is 4.13. The maximum Gasteiger partial charge on any atom is 0.259 e. The Bertz CT molecular complexity index is 584. The average Bonchev–Trinajstić information content (AvgIpc) is 2.89. The maximum atomic E-state index is 6.12. The lowest BCUT2D eigenvalue weighted by molar-refractivity contribution is 0.0677. The lowest BCUT2D eigenvalue weighted by Crippen LogP contribution is -2.16. The van der Waals surface area contributed by atoms with E-state index in [0.29, 0.717) is 34.6 Å². The number of thioether (sulfide) groups is 1. The van der Waals surface area contributed by atoms with Crippen molar-refractivity contribution >= 4 is 29.1 Å². The van der Waals surface area contributed by atoms with Gasteiger partial charge in [-0.2, -0.15) is 16.7 Å². The molecule has 0 bridgehead atoms. The number of hydrogen-bond donors (Lipinski definition) is 1. The first-order valence-electron chi connectivity index (χ1n) is 5.82. The zero-order chi connectivity index (χ0) is 13.2. The van der Waals surface area contributed by atoms with E-state index in [1.54, 1.807) is 18.2 Å². The number of nitrogen functional groups attached to an aromatic ring is 1. The third-order valence-electron chi connectivity index (χ3n) is 2.77. The lowest BCUT2D eigenvalue weighted by Gasteiger charge is -2.18. The molecule has 19 heavy (non-hydrogen) atoms. The maximum absolute atomic E-state index is 6.12. The van der Waals surface area contributed by atoms with Gasteiger partial charge >= 0.3 is 0 Å². The molecule has 0 aliphatic carbocycles. The third kappa shape index (κ3) is 2.70. The highest BCUT2D eigenvalue weighted by atomic mass is 35.5. The smallest absolute Gasteiger partial charge is 0.259 e. The molecule has 0 radical (unpaired) electrons. The number of anilines is 1. The molecule has 0 saturated carbocycles. The van der Waals surface area contributed by atoms with Crippen LogP contribution in [0.2, 0.25) is 5.02 Å². The highest BCUT2D eigenvalue weighted by Gasteiger charge is 2.23. The van der Waals surface area contributed by atoms with Gasteiger partial charge in [-0.25, -0.2) is 0 Å². The summed E-state index contributed by atoms with van der Waals surface area (Å²) in [6.07, 6.45) is -0.108. The first kappa shape index (κ1) is 12.8. The summed E-state index contributed by atoms with van der Waals surface area (Å²) in [6, 6.07) is 5.18. The monoisotopic (exact) mass is 297 g/mol. The van der Waals surface area contributed by atoms with Gasteiger partial charge in [-0.15, -0.1) is 0 Å². The van der Waals surface area contributed by atoms with Crippen LogP contribution >= 0.6 is 23.4 Å². The van der Waals surface area contributed by atoms with Gasteiger partial charge in [0, 0.05) is 17.2 Å². The van der Waals surface area contributed by atoms with Crippen LogP contribution in [0.15, 0.2) is 22.7 Å². The number of nitrogens with zero attached hydrogens (tertiary/aromatic N) is 2. The van der Waals surface area contributed by atoms with Gasteiger partial charge in [0.2, 0.25) is 5.82 Å². The number of ether oxygens (including phenoxy) is 1. The quantitative estimate of drug-likeness (QED) is 0.859. The van der Waals surface area contributed by atoms with Gasteiger partial charge in [0.05, 0.1) is 17.2 Å². The second-order valence-corrected chi connectivity index (χ2v) is 5.69. The van der Waals surface area contributed by atoms with Crippen molar-refractivity contribution in [3.8, 4) is 11.5 Å². The first-order chi connectivity index (χ1) is 9.24. The van der Waals surface area contributed by atoms with Crippen LogP contribution in [0.3, 0.4) is 0 Å². The minimum atomic E-state index is -0.108. The molecule has 1 fully saturated rings. The molecule has 1 atom stereocenters. The van der Waals surface area contributed by atoms with Gasteiger partial charge in [0.1, 0.15) is 6.10 Å². The van der Waals surface area contributed by atoms with Crippen LogP contribution in [0.25, 0.3) is 11.5 Å². The summed E-state index contributed by atoms with van der Waals surface area (Å²) in [4.78, 5) is 4.35. The van der Waals surface area contributed by atoms with E-state index in [4.69, 9.17) is 26.6 Å². The van der Waals surface area contributed by atoms with Crippen molar-refractivity contribution in [1.29, 1.82) is 0 Å². The molecule has 1 aliphatic rings. The van der Waals surface area contributed by atoms with Crippen molar-refractivity contribution in [2.45, 2.75) is 6.10 Å². The van der Waals surface area contributed by atoms with Crippen molar-refractivity contribution in [1.82, 2.24) is 10.1 Å². The fraction of sp³-hybridized carbons (Fsp3) is 0.333. The predicted octanol–water partition coefficient (Wildman–Crippen LogP) is 2.78. The summed E-state index contributed by atoms with van der Waals surface area (Å²) in [6.45, 7) is 0.710.